The van der Waals surface area contributed by atoms with Crippen LogP contribution in [-0.4, -0.2) is 48.9 Å². The number of hydrogen-bond acceptors (Lipinski definition) is 6. The van der Waals surface area contributed by atoms with Crippen molar-refractivity contribution in [1.29, 1.82) is 0 Å². The van der Waals surface area contributed by atoms with E-state index in [0.717, 1.165) is 10.5 Å². The topological polar surface area (TPSA) is 76.1 Å². The Balaban J connectivity index is 1.83. The maximum absolute atomic E-state index is 12.1. The van der Waals surface area contributed by atoms with Gasteiger partial charge in [0, 0.05) is 24.6 Å². The standard InChI is InChI=1S/C21H23NO5S/c1-22(13-16-4-8-17(28-3)9-5-16)20(24)14-27-21(25)11-7-15-6-10-18(23)19(12-15)26-2/h4-12,23H,13-14H2,1-3H3/b11-7+. The predicted molar refractivity (Wildman–Crippen MR) is 109 cm³/mol. The van der Waals surface area contributed by atoms with Gasteiger partial charge in [0.2, 0.25) is 0 Å². The second kappa shape index (κ2) is 10.4. The van der Waals surface area contributed by atoms with Gasteiger partial charge in [0.1, 0.15) is 0 Å². The van der Waals surface area contributed by atoms with E-state index in [4.69, 9.17) is 9.47 Å². The van der Waals surface area contributed by atoms with Crippen molar-refractivity contribution >= 4 is 29.7 Å². The zero-order chi connectivity index (χ0) is 20.5. The molecule has 0 saturated carbocycles. The van der Waals surface area contributed by atoms with Crippen LogP contribution in [0, 0.1) is 0 Å². The molecule has 0 aliphatic heterocycles. The highest BCUT2D eigenvalue weighted by atomic mass is 32.2. The summed E-state index contributed by atoms with van der Waals surface area (Å²) in [7, 11) is 3.10. The molecule has 0 saturated heterocycles. The molecule has 1 N–H and O–H groups in total. The Morgan fingerprint density at radius 2 is 1.89 bits per heavy atom. The van der Waals surface area contributed by atoms with Crippen LogP contribution in [0.5, 0.6) is 11.5 Å². The number of likely N-dealkylation sites (N-methyl/N-ethyl adjacent to an activating group) is 1. The summed E-state index contributed by atoms with van der Waals surface area (Å²) >= 11 is 1.66. The number of carbonyl (C=O) groups is 2. The van der Waals surface area contributed by atoms with Crippen molar-refractivity contribution in [3.8, 4) is 11.5 Å². The molecule has 28 heavy (non-hydrogen) atoms. The normalized spacial score (nSPS) is 10.7. The van der Waals surface area contributed by atoms with Crippen molar-refractivity contribution in [2.75, 3.05) is 27.0 Å². The van der Waals surface area contributed by atoms with E-state index in [-0.39, 0.29) is 18.3 Å². The zero-order valence-electron chi connectivity index (χ0n) is 16.0. The Morgan fingerprint density at radius 1 is 1.18 bits per heavy atom. The molecule has 0 unspecified atom stereocenters. The first-order chi connectivity index (χ1) is 13.4. The summed E-state index contributed by atoms with van der Waals surface area (Å²) in [5.41, 5.74) is 1.66. The lowest BCUT2D eigenvalue weighted by molar-refractivity contribution is -0.147. The fourth-order valence-electron chi connectivity index (χ4n) is 2.35. The van der Waals surface area contributed by atoms with Crippen molar-refractivity contribution in [2.45, 2.75) is 11.4 Å². The molecule has 148 valence electrons. The van der Waals surface area contributed by atoms with E-state index in [0.29, 0.717) is 17.9 Å². The highest BCUT2D eigenvalue weighted by Gasteiger charge is 2.11. The molecular formula is C21H23NO5S. The van der Waals surface area contributed by atoms with Gasteiger partial charge in [0.25, 0.3) is 5.91 Å². The first-order valence-electron chi connectivity index (χ1n) is 8.51. The number of thioether (sulfide) groups is 1. The zero-order valence-corrected chi connectivity index (χ0v) is 16.9. The van der Waals surface area contributed by atoms with E-state index in [1.807, 2.05) is 30.5 Å². The van der Waals surface area contributed by atoms with Crippen LogP contribution in [0.25, 0.3) is 6.08 Å². The molecule has 0 bridgehead atoms. The lowest BCUT2D eigenvalue weighted by Gasteiger charge is -2.17. The smallest absolute Gasteiger partial charge is 0.331 e. The molecular weight excluding hydrogens is 378 g/mol. The summed E-state index contributed by atoms with van der Waals surface area (Å²) in [6, 6.07) is 12.6. The lowest BCUT2D eigenvalue weighted by Crippen LogP contribution is -2.30. The molecule has 0 aromatic heterocycles. The third-order valence-electron chi connectivity index (χ3n) is 3.96. The number of ether oxygens (including phenoxy) is 2. The molecule has 1 amide bonds. The molecule has 0 aliphatic carbocycles. The van der Waals surface area contributed by atoms with E-state index in [9.17, 15) is 14.7 Å². The average Bonchev–Trinajstić information content (AvgIpc) is 2.71. The summed E-state index contributed by atoms with van der Waals surface area (Å²) in [6.07, 6.45) is 4.75. The second-order valence-corrected chi connectivity index (χ2v) is 6.85. The number of carbonyl (C=O) groups excluding carboxylic acids is 2. The van der Waals surface area contributed by atoms with Gasteiger partial charge in [-0.1, -0.05) is 18.2 Å². The molecule has 2 aromatic carbocycles. The Labute approximate surface area is 168 Å². The van der Waals surface area contributed by atoms with Gasteiger partial charge in [0.15, 0.2) is 18.1 Å². The number of esters is 1. The number of methoxy groups -OCH3 is 1. The van der Waals surface area contributed by atoms with E-state index in [1.54, 1.807) is 30.9 Å². The van der Waals surface area contributed by atoms with Crippen LogP contribution in [0.2, 0.25) is 0 Å². The maximum atomic E-state index is 12.1. The Bertz CT molecular complexity index is 848. The lowest BCUT2D eigenvalue weighted by atomic mass is 10.2. The Morgan fingerprint density at radius 3 is 2.54 bits per heavy atom. The van der Waals surface area contributed by atoms with Gasteiger partial charge in [-0.15, -0.1) is 11.8 Å². The SMILES string of the molecule is COc1cc(/C=C/C(=O)OCC(=O)N(C)Cc2ccc(SC)cc2)ccc1O. The first-order valence-corrected chi connectivity index (χ1v) is 9.74. The van der Waals surface area contributed by atoms with Crippen molar-refractivity contribution in [1.82, 2.24) is 4.90 Å². The molecule has 0 atom stereocenters. The van der Waals surface area contributed by atoms with Crippen molar-refractivity contribution in [2.24, 2.45) is 0 Å². The third kappa shape index (κ3) is 6.35. The summed E-state index contributed by atoms with van der Waals surface area (Å²) in [4.78, 5) is 26.6. The van der Waals surface area contributed by atoms with E-state index in [2.05, 4.69) is 0 Å². The molecule has 0 radical (unpaired) electrons. The first kappa shape index (κ1) is 21.4. The van der Waals surface area contributed by atoms with E-state index >= 15 is 0 Å². The van der Waals surface area contributed by atoms with Crippen LogP contribution in [-0.2, 0) is 20.9 Å². The summed E-state index contributed by atoms with van der Waals surface area (Å²) in [5, 5.41) is 9.56. The number of phenolic OH excluding ortho intramolecular Hbond substituents is 1. The number of amides is 1. The molecule has 0 heterocycles. The highest BCUT2D eigenvalue weighted by Crippen LogP contribution is 2.26. The second-order valence-electron chi connectivity index (χ2n) is 5.97. The van der Waals surface area contributed by atoms with Crippen molar-refractivity contribution < 1.29 is 24.2 Å². The van der Waals surface area contributed by atoms with Crippen LogP contribution < -0.4 is 4.74 Å². The van der Waals surface area contributed by atoms with E-state index in [1.165, 1.54) is 30.2 Å². The minimum Gasteiger partial charge on any atom is -0.504 e. The van der Waals surface area contributed by atoms with Crippen LogP contribution in [0.4, 0.5) is 0 Å². The Kier molecular flexibility index (Phi) is 7.95. The maximum Gasteiger partial charge on any atom is 0.331 e. The van der Waals surface area contributed by atoms with Crippen LogP contribution >= 0.6 is 11.8 Å². The molecule has 2 aromatic rings. The van der Waals surface area contributed by atoms with Gasteiger partial charge < -0.3 is 19.5 Å². The minimum absolute atomic E-state index is 0.0129. The van der Waals surface area contributed by atoms with Crippen molar-refractivity contribution in [3.63, 3.8) is 0 Å². The molecule has 2 rings (SSSR count). The van der Waals surface area contributed by atoms with Crippen LogP contribution in [0.15, 0.2) is 53.4 Å². The number of rotatable bonds is 8. The summed E-state index contributed by atoms with van der Waals surface area (Å²) in [5.74, 6) is -0.600. The molecule has 0 spiro atoms. The number of aromatic hydroxyl groups is 1. The van der Waals surface area contributed by atoms with Crippen molar-refractivity contribution in [3.05, 3.63) is 59.7 Å². The molecule has 0 fully saturated rings. The molecule has 7 heteroatoms. The van der Waals surface area contributed by atoms with E-state index < -0.39 is 5.97 Å². The quantitative estimate of drug-likeness (QED) is 0.415. The minimum atomic E-state index is -0.627. The molecule has 6 nitrogen and oxygen atoms in total. The van der Waals surface area contributed by atoms with Gasteiger partial charge >= 0.3 is 5.97 Å². The van der Waals surface area contributed by atoms with Gasteiger partial charge in [-0.05, 0) is 47.7 Å². The largest absolute Gasteiger partial charge is 0.504 e. The van der Waals surface area contributed by atoms with Crippen LogP contribution in [0.1, 0.15) is 11.1 Å². The van der Waals surface area contributed by atoms with Gasteiger partial charge in [-0.2, -0.15) is 0 Å². The third-order valence-corrected chi connectivity index (χ3v) is 4.70. The summed E-state index contributed by atoms with van der Waals surface area (Å²) < 4.78 is 10.0. The molecule has 0 aliphatic rings. The monoisotopic (exact) mass is 401 g/mol. The Hall–Kier alpha value is -2.93. The highest BCUT2D eigenvalue weighted by molar-refractivity contribution is 7.98. The van der Waals surface area contributed by atoms with Gasteiger partial charge in [-0.25, -0.2) is 4.79 Å². The number of phenols is 1. The van der Waals surface area contributed by atoms with Gasteiger partial charge in [0.05, 0.1) is 7.11 Å². The number of hydrogen-bond donors (Lipinski definition) is 1. The number of nitrogens with zero attached hydrogens (tertiary/aromatic N) is 1. The average molecular weight is 401 g/mol. The number of benzene rings is 2. The fraction of sp³-hybridized carbons (Fsp3) is 0.238. The predicted octanol–water partition coefficient (Wildman–Crippen LogP) is 3.34. The van der Waals surface area contributed by atoms with Gasteiger partial charge in [-0.3, -0.25) is 4.79 Å². The fourth-order valence-corrected chi connectivity index (χ4v) is 2.75. The van der Waals surface area contributed by atoms with Crippen LogP contribution in [0.3, 0.4) is 0 Å². The summed E-state index contributed by atoms with van der Waals surface area (Å²) in [6.45, 7) is 0.107.